The lowest BCUT2D eigenvalue weighted by Gasteiger charge is -2.17. The number of carbonyl (C=O) groups is 1. The molecule has 0 radical (unpaired) electrons. The van der Waals surface area contributed by atoms with Gasteiger partial charge < -0.3 is 14.8 Å². The average molecular weight is 273 g/mol. The minimum Gasteiger partial charge on any atom is -0.469 e. The summed E-state index contributed by atoms with van der Waals surface area (Å²) in [5.74, 6) is -0.245. The summed E-state index contributed by atoms with van der Waals surface area (Å²) in [7, 11) is 1.32. The third kappa shape index (κ3) is 5.21. The summed E-state index contributed by atoms with van der Waals surface area (Å²) in [5, 5.41) is 3.13. The van der Waals surface area contributed by atoms with E-state index in [2.05, 4.69) is 14.8 Å². The van der Waals surface area contributed by atoms with Crippen LogP contribution in [0.25, 0.3) is 0 Å². The van der Waals surface area contributed by atoms with E-state index in [0.29, 0.717) is 6.54 Å². The molecule has 0 bridgehead atoms. The monoisotopic (exact) mass is 273 g/mol. The van der Waals surface area contributed by atoms with Crippen LogP contribution in [0.4, 0.5) is 8.78 Å². The zero-order valence-corrected chi connectivity index (χ0v) is 10.9. The van der Waals surface area contributed by atoms with Gasteiger partial charge in [-0.2, -0.15) is 8.78 Å². The van der Waals surface area contributed by atoms with Gasteiger partial charge in [-0.05, 0) is 24.2 Å². The van der Waals surface area contributed by atoms with E-state index in [1.165, 1.54) is 19.2 Å². The molecule has 1 atom stereocenters. The van der Waals surface area contributed by atoms with Gasteiger partial charge >= 0.3 is 12.6 Å². The lowest BCUT2D eigenvalue weighted by atomic mass is 10.0. The van der Waals surface area contributed by atoms with Crippen molar-refractivity contribution in [2.24, 2.45) is 0 Å². The van der Waals surface area contributed by atoms with Gasteiger partial charge in [0.25, 0.3) is 0 Å². The molecule has 4 nitrogen and oxygen atoms in total. The Balaban J connectivity index is 2.76. The van der Waals surface area contributed by atoms with Gasteiger partial charge in [-0.15, -0.1) is 0 Å². The predicted octanol–water partition coefficient (Wildman–Crippen LogP) is 2.50. The van der Waals surface area contributed by atoms with Crippen molar-refractivity contribution in [1.29, 1.82) is 0 Å². The van der Waals surface area contributed by atoms with Crippen molar-refractivity contribution < 1.29 is 23.0 Å². The maximum absolute atomic E-state index is 12.0. The Labute approximate surface area is 110 Å². The van der Waals surface area contributed by atoms with Crippen molar-refractivity contribution in [2.75, 3.05) is 13.7 Å². The minimum atomic E-state index is -2.84. The number of hydrogen-bond donors (Lipinski definition) is 1. The number of nitrogens with one attached hydrogen (secondary N) is 1. The second kappa shape index (κ2) is 7.68. The summed E-state index contributed by atoms with van der Waals surface area (Å²) in [6.45, 7) is -0.249. The van der Waals surface area contributed by atoms with Crippen LogP contribution in [-0.4, -0.2) is 26.2 Å². The summed E-state index contributed by atoms with van der Waals surface area (Å²) in [4.78, 5) is 11.3. The summed E-state index contributed by atoms with van der Waals surface area (Å²) < 4.78 is 32.9. The Bertz CT molecular complexity index is 395. The zero-order chi connectivity index (χ0) is 14.3. The van der Waals surface area contributed by atoms with Crippen LogP contribution in [0.2, 0.25) is 0 Å². The second-order valence-electron chi connectivity index (χ2n) is 3.84. The molecule has 0 saturated carbocycles. The minimum absolute atomic E-state index is 0.0899. The SMILES string of the molecule is CCNC(CC(=O)OC)c1ccc(OC(F)F)cc1. The van der Waals surface area contributed by atoms with E-state index in [1.807, 2.05) is 6.92 Å². The van der Waals surface area contributed by atoms with Crippen molar-refractivity contribution in [3.05, 3.63) is 29.8 Å². The van der Waals surface area contributed by atoms with Crippen molar-refractivity contribution in [2.45, 2.75) is 26.0 Å². The smallest absolute Gasteiger partial charge is 0.387 e. The average Bonchev–Trinajstić information content (AvgIpc) is 2.38. The van der Waals surface area contributed by atoms with Crippen molar-refractivity contribution >= 4 is 5.97 Å². The first kappa shape index (κ1) is 15.4. The van der Waals surface area contributed by atoms with Gasteiger partial charge in [-0.3, -0.25) is 4.79 Å². The number of carbonyl (C=O) groups excluding carboxylic acids is 1. The molecular weight excluding hydrogens is 256 g/mol. The Hall–Kier alpha value is -1.69. The van der Waals surface area contributed by atoms with Crippen LogP contribution in [-0.2, 0) is 9.53 Å². The molecule has 0 fully saturated rings. The predicted molar refractivity (Wildman–Crippen MR) is 66.1 cm³/mol. The van der Waals surface area contributed by atoms with Gasteiger partial charge in [0.1, 0.15) is 5.75 Å². The maximum Gasteiger partial charge on any atom is 0.387 e. The van der Waals surface area contributed by atoms with Gasteiger partial charge in [0.15, 0.2) is 0 Å². The lowest BCUT2D eigenvalue weighted by molar-refractivity contribution is -0.141. The standard InChI is InChI=1S/C13H17F2NO3/c1-3-16-11(8-12(17)18-2)9-4-6-10(7-5-9)19-13(14)15/h4-7,11,13,16H,3,8H2,1-2H3. The van der Waals surface area contributed by atoms with Gasteiger partial charge in [0.05, 0.1) is 13.5 Å². The van der Waals surface area contributed by atoms with E-state index < -0.39 is 6.61 Å². The molecule has 1 rings (SSSR count). The number of esters is 1. The fourth-order valence-electron chi connectivity index (χ4n) is 1.69. The summed E-state index contributed by atoms with van der Waals surface area (Å²) in [5.41, 5.74) is 0.814. The molecule has 6 heteroatoms. The first-order valence-electron chi connectivity index (χ1n) is 5.91. The van der Waals surface area contributed by atoms with Crippen LogP contribution in [0.15, 0.2) is 24.3 Å². The molecule has 0 spiro atoms. The largest absolute Gasteiger partial charge is 0.469 e. The molecule has 0 heterocycles. The number of alkyl halides is 2. The van der Waals surface area contributed by atoms with Crippen molar-refractivity contribution in [1.82, 2.24) is 5.32 Å². The van der Waals surface area contributed by atoms with Gasteiger partial charge in [-0.1, -0.05) is 19.1 Å². The Morgan fingerprint density at radius 2 is 1.95 bits per heavy atom. The highest BCUT2D eigenvalue weighted by molar-refractivity contribution is 5.70. The lowest BCUT2D eigenvalue weighted by Crippen LogP contribution is -2.24. The molecule has 0 saturated heterocycles. The summed E-state index contributed by atoms with van der Waals surface area (Å²) >= 11 is 0. The quantitative estimate of drug-likeness (QED) is 0.775. The highest BCUT2D eigenvalue weighted by Gasteiger charge is 2.15. The van der Waals surface area contributed by atoms with Gasteiger partial charge in [-0.25, -0.2) is 0 Å². The first-order valence-corrected chi connectivity index (χ1v) is 5.91. The van der Waals surface area contributed by atoms with Gasteiger partial charge in [0.2, 0.25) is 0 Å². The fourth-order valence-corrected chi connectivity index (χ4v) is 1.69. The molecule has 0 aliphatic rings. The van der Waals surface area contributed by atoms with Gasteiger partial charge in [0, 0.05) is 6.04 Å². The van der Waals surface area contributed by atoms with Crippen LogP contribution in [0, 0.1) is 0 Å². The fraction of sp³-hybridized carbons (Fsp3) is 0.462. The van der Waals surface area contributed by atoms with E-state index in [0.717, 1.165) is 5.56 Å². The molecule has 1 N–H and O–H groups in total. The van der Waals surface area contributed by atoms with Crippen LogP contribution >= 0.6 is 0 Å². The molecular formula is C13H17F2NO3. The molecule has 1 aromatic carbocycles. The molecule has 1 unspecified atom stereocenters. The maximum atomic E-state index is 12.0. The molecule has 1 aromatic rings. The van der Waals surface area contributed by atoms with Crippen LogP contribution in [0.3, 0.4) is 0 Å². The van der Waals surface area contributed by atoms with E-state index in [4.69, 9.17) is 0 Å². The Kier molecular flexibility index (Phi) is 6.21. The number of ether oxygens (including phenoxy) is 2. The molecule has 0 aliphatic carbocycles. The summed E-state index contributed by atoms with van der Waals surface area (Å²) in [6.07, 6.45) is 0.180. The van der Waals surface area contributed by atoms with Crippen LogP contribution in [0.1, 0.15) is 24.9 Å². The third-order valence-electron chi connectivity index (χ3n) is 2.56. The highest BCUT2D eigenvalue weighted by atomic mass is 19.3. The first-order chi connectivity index (χ1) is 9.06. The number of hydrogen-bond acceptors (Lipinski definition) is 4. The molecule has 106 valence electrons. The topological polar surface area (TPSA) is 47.6 Å². The second-order valence-corrected chi connectivity index (χ2v) is 3.84. The summed E-state index contributed by atoms with van der Waals surface area (Å²) in [6, 6.07) is 5.98. The zero-order valence-electron chi connectivity index (χ0n) is 10.9. The molecule has 0 aliphatic heterocycles. The molecule has 0 aromatic heterocycles. The molecule has 0 amide bonds. The normalized spacial score (nSPS) is 12.3. The van der Waals surface area contributed by atoms with Crippen molar-refractivity contribution in [3.63, 3.8) is 0 Å². The highest BCUT2D eigenvalue weighted by Crippen LogP contribution is 2.21. The number of benzene rings is 1. The van der Waals surface area contributed by atoms with E-state index >= 15 is 0 Å². The molecule has 19 heavy (non-hydrogen) atoms. The van der Waals surface area contributed by atoms with Crippen LogP contribution in [0.5, 0.6) is 5.75 Å². The van der Waals surface area contributed by atoms with E-state index in [-0.39, 0.29) is 24.2 Å². The Morgan fingerprint density at radius 1 is 1.32 bits per heavy atom. The number of rotatable bonds is 7. The van der Waals surface area contributed by atoms with E-state index in [1.54, 1.807) is 12.1 Å². The van der Waals surface area contributed by atoms with Crippen molar-refractivity contribution in [3.8, 4) is 5.75 Å². The Morgan fingerprint density at radius 3 is 2.42 bits per heavy atom. The third-order valence-corrected chi connectivity index (χ3v) is 2.56. The number of halogens is 2. The van der Waals surface area contributed by atoms with Crippen LogP contribution < -0.4 is 10.1 Å². The van der Waals surface area contributed by atoms with E-state index in [9.17, 15) is 13.6 Å². The number of methoxy groups -OCH3 is 1.